The van der Waals surface area contributed by atoms with Crippen LogP contribution in [-0.2, 0) is 4.79 Å². The van der Waals surface area contributed by atoms with Crippen LogP contribution in [0.1, 0.15) is 38.2 Å². The summed E-state index contributed by atoms with van der Waals surface area (Å²) in [5.74, 6) is -0.155. The van der Waals surface area contributed by atoms with Gasteiger partial charge < -0.3 is 10.4 Å². The first-order valence-corrected chi connectivity index (χ1v) is 10.5. The van der Waals surface area contributed by atoms with Crippen LogP contribution in [-0.4, -0.2) is 38.6 Å². The molecule has 2 heterocycles. The molecule has 0 bridgehead atoms. The highest BCUT2D eigenvalue weighted by Gasteiger charge is 2.31. The van der Waals surface area contributed by atoms with E-state index in [9.17, 15) is 18.7 Å². The first kappa shape index (κ1) is 21.5. The molecular weight excluding hydrogens is 426 g/mol. The summed E-state index contributed by atoms with van der Waals surface area (Å²) in [4.78, 5) is 19.2. The number of carbonyl (C=O) groups is 1. The second-order valence-corrected chi connectivity index (χ2v) is 8.18. The van der Waals surface area contributed by atoms with Gasteiger partial charge in [-0.2, -0.15) is 8.78 Å². The van der Waals surface area contributed by atoms with Gasteiger partial charge in [0.05, 0.1) is 22.8 Å². The van der Waals surface area contributed by atoms with E-state index >= 15 is 0 Å². The number of amides is 1. The number of benzene rings is 2. The van der Waals surface area contributed by atoms with E-state index in [0.29, 0.717) is 47.8 Å². The summed E-state index contributed by atoms with van der Waals surface area (Å²) >= 11 is 5.93. The van der Waals surface area contributed by atoms with Crippen molar-refractivity contribution < 1.29 is 18.7 Å². The standard InChI is InChI=1S/C22H23ClF2N4O2/c1-13(20-26-16-4-2-3-5-18(16)29(20)22(24)25)28-10-8-14(9-11-28)21(31)27-17-12-15(23)6-7-19(17)30/h2-7,12-14,22,30H,8-11H2,1H3,(H,27,31)/t13-/m1/s1. The number of aromatic nitrogens is 2. The Morgan fingerprint density at radius 1 is 1.23 bits per heavy atom. The number of likely N-dealkylation sites (tertiary alicyclic amines) is 1. The second kappa shape index (κ2) is 8.80. The molecule has 0 unspecified atom stereocenters. The average Bonchev–Trinajstić information content (AvgIpc) is 3.15. The number of fused-ring (bicyclic) bond motifs is 1. The minimum absolute atomic E-state index is 0.0466. The van der Waals surface area contributed by atoms with Crippen molar-refractivity contribution in [3.05, 3.63) is 53.3 Å². The summed E-state index contributed by atoms with van der Waals surface area (Å²) in [5.41, 5.74) is 1.23. The molecule has 1 atom stereocenters. The van der Waals surface area contributed by atoms with E-state index in [1.165, 1.54) is 12.1 Å². The highest BCUT2D eigenvalue weighted by Crippen LogP contribution is 2.33. The van der Waals surface area contributed by atoms with Gasteiger partial charge in [0.2, 0.25) is 5.91 Å². The Hall–Kier alpha value is -2.71. The molecule has 1 aliphatic heterocycles. The van der Waals surface area contributed by atoms with Crippen molar-refractivity contribution in [3.8, 4) is 5.75 Å². The Bertz CT molecular complexity index is 1100. The van der Waals surface area contributed by atoms with Crippen molar-refractivity contribution in [2.45, 2.75) is 32.4 Å². The normalized spacial score (nSPS) is 16.7. The average molecular weight is 449 g/mol. The molecule has 0 saturated carbocycles. The van der Waals surface area contributed by atoms with Crippen LogP contribution in [0.15, 0.2) is 42.5 Å². The number of carbonyl (C=O) groups excluding carboxylic acids is 1. The molecule has 2 aromatic carbocycles. The number of phenolic OH excluding ortho intramolecular Hbond substituents is 1. The summed E-state index contributed by atoms with van der Waals surface area (Å²) in [6.45, 7) is 0.337. The fourth-order valence-electron chi connectivity index (χ4n) is 4.12. The zero-order chi connectivity index (χ0) is 22.1. The predicted molar refractivity (Wildman–Crippen MR) is 115 cm³/mol. The Morgan fingerprint density at radius 2 is 1.94 bits per heavy atom. The van der Waals surface area contributed by atoms with Gasteiger partial charge in [0.25, 0.3) is 0 Å². The van der Waals surface area contributed by atoms with Crippen LogP contribution in [0.25, 0.3) is 11.0 Å². The minimum Gasteiger partial charge on any atom is -0.506 e. The quantitative estimate of drug-likeness (QED) is 0.526. The summed E-state index contributed by atoms with van der Waals surface area (Å²) in [7, 11) is 0. The molecule has 0 aliphatic carbocycles. The number of rotatable bonds is 5. The van der Waals surface area contributed by atoms with Crippen LogP contribution in [0.3, 0.4) is 0 Å². The molecule has 31 heavy (non-hydrogen) atoms. The first-order chi connectivity index (χ1) is 14.8. The van der Waals surface area contributed by atoms with Gasteiger partial charge in [-0.15, -0.1) is 0 Å². The van der Waals surface area contributed by atoms with Gasteiger partial charge in [0.1, 0.15) is 11.6 Å². The maximum absolute atomic E-state index is 13.8. The van der Waals surface area contributed by atoms with E-state index in [1.54, 1.807) is 30.3 Å². The molecule has 1 fully saturated rings. The largest absolute Gasteiger partial charge is 0.506 e. The molecule has 3 aromatic rings. The number of piperidine rings is 1. The topological polar surface area (TPSA) is 70.4 Å². The fraction of sp³-hybridized carbons (Fsp3) is 0.364. The minimum atomic E-state index is -2.68. The molecule has 0 spiro atoms. The molecule has 1 saturated heterocycles. The monoisotopic (exact) mass is 448 g/mol. The van der Waals surface area contributed by atoms with Crippen molar-refractivity contribution in [3.63, 3.8) is 0 Å². The van der Waals surface area contributed by atoms with E-state index < -0.39 is 6.55 Å². The molecule has 164 valence electrons. The smallest absolute Gasteiger partial charge is 0.320 e. The maximum atomic E-state index is 13.8. The van der Waals surface area contributed by atoms with Crippen molar-refractivity contribution >= 4 is 34.2 Å². The highest BCUT2D eigenvalue weighted by molar-refractivity contribution is 6.31. The SMILES string of the molecule is C[C@H](c1nc2ccccc2n1C(F)F)N1CCC(C(=O)Nc2cc(Cl)ccc2O)CC1. The van der Waals surface area contributed by atoms with Gasteiger partial charge in [-0.05, 0) is 63.2 Å². The number of alkyl halides is 2. The van der Waals surface area contributed by atoms with Gasteiger partial charge >= 0.3 is 6.55 Å². The fourth-order valence-corrected chi connectivity index (χ4v) is 4.29. The van der Waals surface area contributed by atoms with E-state index in [4.69, 9.17) is 11.6 Å². The van der Waals surface area contributed by atoms with Crippen molar-refractivity contribution in [1.29, 1.82) is 0 Å². The lowest BCUT2D eigenvalue weighted by molar-refractivity contribution is -0.121. The van der Waals surface area contributed by atoms with Crippen molar-refractivity contribution in [2.24, 2.45) is 5.92 Å². The van der Waals surface area contributed by atoms with E-state index in [0.717, 1.165) is 4.57 Å². The van der Waals surface area contributed by atoms with Crippen LogP contribution in [0.5, 0.6) is 5.75 Å². The molecule has 1 aromatic heterocycles. The number of para-hydroxylation sites is 2. The number of aromatic hydroxyl groups is 1. The van der Waals surface area contributed by atoms with Crippen LogP contribution < -0.4 is 5.32 Å². The number of phenols is 1. The van der Waals surface area contributed by atoms with E-state index in [2.05, 4.69) is 15.2 Å². The summed E-state index contributed by atoms with van der Waals surface area (Å²) in [6, 6.07) is 11.0. The third kappa shape index (κ3) is 4.36. The third-order valence-corrected chi connectivity index (χ3v) is 6.09. The number of nitrogens with one attached hydrogen (secondary N) is 1. The molecule has 9 heteroatoms. The van der Waals surface area contributed by atoms with Gasteiger partial charge in [-0.1, -0.05) is 23.7 Å². The van der Waals surface area contributed by atoms with E-state index in [-0.39, 0.29) is 29.3 Å². The number of anilines is 1. The van der Waals surface area contributed by atoms with Gasteiger partial charge in [-0.3, -0.25) is 14.3 Å². The molecule has 0 radical (unpaired) electrons. The lowest BCUT2D eigenvalue weighted by Gasteiger charge is -2.35. The molecule has 6 nitrogen and oxygen atoms in total. The number of imidazole rings is 1. The zero-order valence-corrected chi connectivity index (χ0v) is 17.7. The number of hydrogen-bond donors (Lipinski definition) is 2. The lowest BCUT2D eigenvalue weighted by Crippen LogP contribution is -2.40. The molecular formula is C22H23ClF2N4O2. The van der Waals surface area contributed by atoms with Crippen LogP contribution in [0, 0.1) is 5.92 Å². The number of hydrogen-bond acceptors (Lipinski definition) is 4. The summed E-state index contributed by atoms with van der Waals surface area (Å²) in [6.07, 6.45) is 1.15. The first-order valence-electron chi connectivity index (χ1n) is 10.1. The number of halogens is 3. The Labute approximate surface area is 183 Å². The number of nitrogens with zero attached hydrogens (tertiary/aromatic N) is 3. The van der Waals surface area contributed by atoms with E-state index in [1.807, 2.05) is 6.92 Å². The summed E-state index contributed by atoms with van der Waals surface area (Å²) in [5, 5.41) is 13.0. The Kier molecular flexibility index (Phi) is 6.11. The third-order valence-electron chi connectivity index (χ3n) is 5.86. The van der Waals surface area contributed by atoms with Crippen LogP contribution in [0.2, 0.25) is 5.02 Å². The molecule has 2 N–H and O–H groups in total. The van der Waals surface area contributed by atoms with Crippen molar-refractivity contribution in [2.75, 3.05) is 18.4 Å². The van der Waals surface area contributed by atoms with Crippen LogP contribution >= 0.6 is 11.6 Å². The Morgan fingerprint density at radius 3 is 2.65 bits per heavy atom. The highest BCUT2D eigenvalue weighted by atomic mass is 35.5. The van der Waals surface area contributed by atoms with Crippen LogP contribution in [0.4, 0.5) is 14.5 Å². The van der Waals surface area contributed by atoms with Gasteiger partial charge in [0, 0.05) is 10.9 Å². The molecule has 1 amide bonds. The van der Waals surface area contributed by atoms with Gasteiger partial charge in [0.15, 0.2) is 0 Å². The summed E-state index contributed by atoms with van der Waals surface area (Å²) < 4.78 is 28.5. The predicted octanol–water partition coefficient (Wildman–Crippen LogP) is 5.20. The zero-order valence-electron chi connectivity index (χ0n) is 16.9. The molecule has 1 aliphatic rings. The Balaban J connectivity index is 1.44. The lowest BCUT2D eigenvalue weighted by atomic mass is 9.94. The van der Waals surface area contributed by atoms with Gasteiger partial charge in [-0.25, -0.2) is 4.98 Å². The van der Waals surface area contributed by atoms with Crippen molar-refractivity contribution in [1.82, 2.24) is 14.5 Å². The molecule has 4 rings (SSSR count). The second-order valence-electron chi connectivity index (χ2n) is 7.74. The maximum Gasteiger partial charge on any atom is 0.320 e.